The van der Waals surface area contributed by atoms with Crippen LogP contribution in [0.3, 0.4) is 0 Å². The molecule has 39 heavy (non-hydrogen) atoms. The van der Waals surface area contributed by atoms with Crippen molar-refractivity contribution in [2.24, 2.45) is 0 Å². The van der Waals surface area contributed by atoms with E-state index in [0.717, 1.165) is 26.4 Å². The SMILES string of the molecule is Brc1ccc2oc3ccc(-c4cccc(-c5ccc6c(c5)c5ccccc5n6-c5ccccc5)c4)cc3c2c1. The van der Waals surface area contributed by atoms with Crippen LogP contribution >= 0.6 is 15.9 Å². The Morgan fingerprint density at radius 2 is 1.05 bits per heavy atom. The van der Waals surface area contributed by atoms with Crippen LogP contribution in [0.2, 0.25) is 0 Å². The number of para-hydroxylation sites is 2. The Morgan fingerprint density at radius 1 is 0.436 bits per heavy atom. The van der Waals surface area contributed by atoms with Crippen LogP contribution in [-0.2, 0) is 0 Å². The molecule has 2 nitrogen and oxygen atoms in total. The van der Waals surface area contributed by atoms with Crippen molar-refractivity contribution in [3.8, 4) is 27.9 Å². The van der Waals surface area contributed by atoms with Crippen molar-refractivity contribution in [2.45, 2.75) is 0 Å². The molecule has 0 radical (unpaired) electrons. The number of furan rings is 1. The van der Waals surface area contributed by atoms with Crippen LogP contribution in [0.5, 0.6) is 0 Å². The lowest BCUT2D eigenvalue weighted by Crippen LogP contribution is -1.92. The van der Waals surface area contributed by atoms with Gasteiger partial charge in [0.25, 0.3) is 0 Å². The minimum absolute atomic E-state index is 0.905. The number of benzene rings is 6. The van der Waals surface area contributed by atoms with Gasteiger partial charge in [0.05, 0.1) is 11.0 Å². The zero-order chi connectivity index (χ0) is 25.9. The van der Waals surface area contributed by atoms with Gasteiger partial charge >= 0.3 is 0 Å². The van der Waals surface area contributed by atoms with Gasteiger partial charge in [-0.1, -0.05) is 82.7 Å². The number of rotatable bonds is 3. The summed E-state index contributed by atoms with van der Waals surface area (Å²) in [5, 5.41) is 4.77. The molecule has 3 heteroatoms. The first-order chi connectivity index (χ1) is 19.2. The Labute approximate surface area is 233 Å². The molecule has 2 heterocycles. The third-order valence-corrected chi connectivity index (χ3v) is 8.14. The van der Waals surface area contributed by atoms with Crippen LogP contribution in [0, 0.1) is 0 Å². The van der Waals surface area contributed by atoms with Crippen LogP contribution in [0.15, 0.2) is 142 Å². The summed E-state index contributed by atoms with van der Waals surface area (Å²) in [7, 11) is 0. The normalized spacial score (nSPS) is 11.7. The lowest BCUT2D eigenvalue weighted by Gasteiger charge is -2.09. The van der Waals surface area contributed by atoms with Crippen LogP contribution < -0.4 is 0 Å². The molecule has 0 atom stereocenters. The molecule has 0 amide bonds. The van der Waals surface area contributed by atoms with Crippen molar-refractivity contribution >= 4 is 59.7 Å². The van der Waals surface area contributed by atoms with E-state index >= 15 is 0 Å². The fourth-order valence-corrected chi connectivity index (χ4v) is 6.18. The maximum atomic E-state index is 6.08. The second-order valence-electron chi connectivity index (χ2n) is 9.95. The molecular formula is C36H22BrNO. The average molecular weight is 564 g/mol. The van der Waals surface area contributed by atoms with Gasteiger partial charge in [-0.3, -0.25) is 0 Å². The van der Waals surface area contributed by atoms with Gasteiger partial charge in [0.15, 0.2) is 0 Å². The molecule has 0 saturated carbocycles. The maximum absolute atomic E-state index is 6.08. The third-order valence-electron chi connectivity index (χ3n) is 7.65. The van der Waals surface area contributed by atoms with Crippen LogP contribution in [0.25, 0.3) is 71.7 Å². The number of aromatic nitrogens is 1. The highest BCUT2D eigenvalue weighted by molar-refractivity contribution is 9.10. The summed E-state index contributed by atoms with van der Waals surface area (Å²) in [6.45, 7) is 0. The molecule has 8 aromatic rings. The molecule has 2 aromatic heterocycles. The Bertz CT molecular complexity index is 2190. The lowest BCUT2D eigenvalue weighted by molar-refractivity contribution is 0.669. The van der Waals surface area contributed by atoms with E-state index in [1.807, 2.05) is 12.1 Å². The summed E-state index contributed by atoms with van der Waals surface area (Å²) >= 11 is 3.61. The van der Waals surface area contributed by atoms with Gasteiger partial charge < -0.3 is 8.98 Å². The Morgan fingerprint density at radius 3 is 1.87 bits per heavy atom. The van der Waals surface area contributed by atoms with Crippen molar-refractivity contribution in [3.05, 3.63) is 138 Å². The molecule has 0 N–H and O–H groups in total. The molecule has 0 spiro atoms. The zero-order valence-electron chi connectivity index (χ0n) is 20.9. The predicted molar refractivity (Wildman–Crippen MR) is 167 cm³/mol. The number of hydrogen-bond acceptors (Lipinski definition) is 1. The molecule has 0 bridgehead atoms. The van der Waals surface area contributed by atoms with E-state index in [0.29, 0.717) is 0 Å². The highest BCUT2D eigenvalue weighted by Gasteiger charge is 2.14. The topological polar surface area (TPSA) is 18.1 Å². The summed E-state index contributed by atoms with van der Waals surface area (Å²) < 4.78 is 9.48. The van der Waals surface area contributed by atoms with Crippen molar-refractivity contribution < 1.29 is 4.42 Å². The quantitative estimate of drug-likeness (QED) is 0.209. The van der Waals surface area contributed by atoms with Gasteiger partial charge in [-0.05, 0) is 89.0 Å². The minimum atomic E-state index is 0.905. The van der Waals surface area contributed by atoms with Gasteiger partial charge in [-0.25, -0.2) is 0 Å². The highest BCUT2D eigenvalue weighted by Crippen LogP contribution is 2.37. The van der Waals surface area contributed by atoms with Crippen molar-refractivity contribution in [3.63, 3.8) is 0 Å². The highest BCUT2D eigenvalue weighted by atomic mass is 79.9. The van der Waals surface area contributed by atoms with E-state index in [1.165, 1.54) is 49.7 Å². The van der Waals surface area contributed by atoms with Gasteiger partial charge in [-0.2, -0.15) is 0 Å². The molecule has 0 aliphatic carbocycles. The van der Waals surface area contributed by atoms with Crippen molar-refractivity contribution in [1.82, 2.24) is 4.57 Å². The van der Waals surface area contributed by atoms with E-state index < -0.39 is 0 Å². The van der Waals surface area contributed by atoms with Gasteiger partial charge in [-0.15, -0.1) is 0 Å². The molecule has 0 unspecified atom stereocenters. The summed E-state index contributed by atoms with van der Waals surface area (Å²) in [5.41, 5.74) is 10.2. The Hall–Kier alpha value is -4.60. The first-order valence-electron chi connectivity index (χ1n) is 13.0. The van der Waals surface area contributed by atoms with Crippen LogP contribution in [-0.4, -0.2) is 4.57 Å². The van der Waals surface area contributed by atoms with Gasteiger partial charge in [0, 0.05) is 31.7 Å². The monoisotopic (exact) mass is 563 g/mol. The fraction of sp³-hybridized carbons (Fsp3) is 0. The number of hydrogen-bond donors (Lipinski definition) is 0. The molecule has 0 aliphatic heterocycles. The van der Waals surface area contributed by atoms with Gasteiger partial charge in [0.1, 0.15) is 11.2 Å². The summed E-state index contributed by atoms with van der Waals surface area (Å²) in [6, 6.07) is 47.5. The van der Waals surface area contributed by atoms with E-state index in [-0.39, 0.29) is 0 Å². The summed E-state index contributed by atoms with van der Waals surface area (Å²) in [6.07, 6.45) is 0. The summed E-state index contributed by atoms with van der Waals surface area (Å²) in [4.78, 5) is 0. The smallest absolute Gasteiger partial charge is 0.135 e. The average Bonchev–Trinajstić information content (AvgIpc) is 3.52. The lowest BCUT2D eigenvalue weighted by atomic mass is 9.97. The number of fused-ring (bicyclic) bond motifs is 6. The minimum Gasteiger partial charge on any atom is -0.456 e. The maximum Gasteiger partial charge on any atom is 0.135 e. The first kappa shape index (κ1) is 22.4. The standard InChI is InChI=1S/C36H22BrNO/c37-27-15-18-36-32(22-27)31-21-26(14-17-35(31)39-36)24-8-6-7-23(19-24)25-13-16-34-30(20-25)29-11-4-5-12-33(29)38(34)28-9-2-1-3-10-28/h1-22H. The summed E-state index contributed by atoms with van der Waals surface area (Å²) in [5.74, 6) is 0. The Kier molecular flexibility index (Phi) is 5.01. The van der Waals surface area contributed by atoms with E-state index in [1.54, 1.807) is 0 Å². The molecule has 0 fully saturated rings. The fourth-order valence-electron chi connectivity index (χ4n) is 5.82. The number of halogens is 1. The molecule has 6 aromatic carbocycles. The number of nitrogens with zero attached hydrogens (tertiary/aromatic N) is 1. The Balaban J connectivity index is 1.27. The third kappa shape index (κ3) is 3.62. The second-order valence-corrected chi connectivity index (χ2v) is 10.9. The largest absolute Gasteiger partial charge is 0.456 e. The van der Waals surface area contributed by atoms with E-state index in [2.05, 4.69) is 142 Å². The second kappa shape index (κ2) is 8.72. The zero-order valence-corrected chi connectivity index (χ0v) is 22.5. The van der Waals surface area contributed by atoms with Gasteiger partial charge in [0.2, 0.25) is 0 Å². The molecule has 184 valence electrons. The van der Waals surface area contributed by atoms with Crippen molar-refractivity contribution in [2.75, 3.05) is 0 Å². The van der Waals surface area contributed by atoms with E-state index in [9.17, 15) is 0 Å². The molecule has 0 aliphatic rings. The first-order valence-corrected chi connectivity index (χ1v) is 13.8. The molecular weight excluding hydrogens is 542 g/mol. The molecule has 8 rings (SSSR count). The molecule has 0 saturated heterocycles. The predicted octanol–water partition coefficient (Wildman–Crippen LogP) is 10.8. The van der Waals surface area contributed by atoms with Crippen molar-refractivity contribution in [1.29, 1.82) is 0 Å². The van der Waals surface area contributed by atoms with Crippen LogP contribution in [0.1, 0.15) is 0 Å². The van der Waals surface area contributed by atoms with E-state index in [4.69, 9.17) is 4.42 Å². The van der Waals surface area contributed by atoms with Crippen LogP contribution in [0.4, 0.5) is 0 Å².